The lowest BCUT2D eigenvalue weighted by atomic mass is 9.83. The average molecular weight is 563 g/mol. The van der Waals surface area contributed by atoms with Crippen molar-refractivity contribution in [3.8, 4) is 5.75 Å². The molecule has 0 saturated heterocycles. The number of halogens is 2. The lowest BCUT2D eigenvalue weighted by Crippen LogP contribution is -2.38. The summed E-state index contributed by atoms with van der Waals surface area (Å²) in [5.41, 5.74) is 6.36. The van der Waals surface area contributed by atoms with Gasteiger partial charge in [0.15, 0.2) is 4.80 Å². The normalized spacial score (nSPS) is 16.0. The van der Waals surface area contributed by atoms with Crippen molar-refractivity contribution in [2.45, 2.75) is 25.5 Å². The Balaban J connectivity index is 1.27. The summed E-state index contributed by atoms with van der Waals surface area (Å²) in [7, 11) is 0. The van der Waals surface area contributed by atoms with Crippen molar-refractivity contribution < 1.29 is 13.5 Å². The quantitative estimate of drug-likeness (QED) is 0.257. The van der Waals surface area contributed by atoms with Crippen LogP contribution in [-0.2, 0) is 13.0 Å². The second kappa shape index (κ2) is 10.4. The third-order valence-corrected chi connectivity index (χ3v) is 8.57. The molecule has 0 bridgehead atoms. The first-order valence-corrected chi connectivity index (χ1v) is 14.2. The van der Waals surface area contributed by atoms with E-state index in [9.17, 15) is 13.6 Å². The summed E-state index contributed by atoms with van der Waals surface area (Å²) in [5.74, 6) is -0.0104. The number of ether oxygens (including phenoxy) is 1. The summed E-state index contributed by atoms with van der Waals surface area (Å²) in [5, 5.41) is 0. The van der Waals surface area contributed by atoms with Gasteiger partial charge in [-0.05, 0) is 71.5 Å². The van der Waals surface area contributed by atoms with E-state index in [1.165, 1.54) is 35.1 Å². The summed E-state index contributed by atoms with van der Waals surface area (Å²) < 4.78 is 35.8. The van der Waals surface area contributed by atoms with Crippen LogP contribution in [0.3, 0.4) is 0 Å². The van der Waals surface area contributed by atoms with E-state index in [1.54, 1.807) is 47.0 Å². The zero-order valence-electron chi connectivity index (χ0n) is 21.9. The van der Waals surface area contributed by atoms with Crippen molar-refractivity contribution in [2.75, 3.05) is 0 Å². The molecule has 2 heterocycles. The minimum atomic E-state index is -0.355. The zero-order valence-corrected chi connectivity index (χ0v) is 22.7. The SMILES string of the molecule is O=c1/c(=C\c2ccc(OCc3ccccc3F)cc2)sc2n1[C@@H](c1ccc(F)cc1)C1=C(N=2)c2ccccc2CC1. The standard InChI is InChI=1S/C34H24F2N2O2S/c35-25-14-11-23(12-15-25)32-28-18-13-22-5-1-3-7-27(22)31(28)37-34-38(32)33(39)30(41-34)19-21-9-16-26(17-10-21)40-20-24-6-2-4-8-29(24)36/h1-12,14-17,19,32H,13,18,20H2/b30-19+/t32-/m0/s1. The largest absolute Gasteiger partial charge is 0.489 e. The Morgan fingerprint density at radius 2 is 1.66 bits per heavy atom. The van der Waals surface area contributed by atoms with Gasteiger partial charge in [0.05, 0.1) is 16.3 Å². The number of hydrogen-bond acceptors (Lipinski definition) is 4. The van der Waals surface area contributed by atoms with Gasteiger partial charge in [0.25, 0.3) is 5.56 Å². The van der Waals surface area contributed by atoms with Crippen molar-refractivity contribution in [2.24, 2.45) is 4.99 Å². The molecule has 0 radical (unpaired) electrons. The predicted molar refractivity (Wildman–Crippen MR) is 156 cm³/mol. The van der Waals surface area contributed by atoms with Crippen LogP contribution < -0.4 is 19.6 Å². The van der Waals surface area contributed by atoms with E-state index in [-0.39, 0.29) is 29.8 Å². The van der Waals surface area contributed by atoms with Crippen molar-refractivity contribution in [3.05, 3.63) is 162 Å². The molecular formula is C34H24F2N2O2S. The van der Waals surface area contributed by atoms with Crippen LogP contribution in [0.25, 0.3) is 11.8 Å². The van der Waals surface area contributed by atoms with Crippen LogP contribution in [0.5, 0.6) is 5.75 Å². The minimum Gasteiger partial charge on any atom is -0.489 e. The second-order valence-electron chi connectivity index (χ2n) is 10.1. The predicted octanol–water partition coefficient (Wildman–Crippen LogP) is 6.18. The Hall–Kier alpha value is -4.62. The van der Waals surface area contributed by atoms with E-state index in [0.717, 1.165) is 40.8 Å². The summed E-state index contributed by atoms with van der Waals surface area (Å²) in [6, 6.07) is 28.2. The van der Waals surface area contributed by atoms with Crippen molar-refractivity contribution in [3.63, 3.8) is 0 Å². The Morgan fingerprint density at radius 3 is 2.46 bits per heavy atom. The molecule has 4 nitrogen and oxygen atoms in total. The molecule has 4 aromatic carbocycles. The molecule has 202 valence electrons. The Bertz CT molecular complexity index is 1990. The Labute approximate surface area is 238 Å². The van der Waals surface area contributed by atoms with Gasteiger partial charge in [-0.1, -0.05) is 78.1 Å². The van der Waals surface area contributed by atoms with Gasteiger partial charge in [-0.15, -0.1) is 0 Å². The third-order valence-electron chi connectivity index (χ3n) is 7.59. The summed E-state index contributed by atoms with van der Waals surface area (Å²) in [6.07, 6.45) is 3.48. The number of benzene rings is 4. The summed E-state index contributed by atoms with van der Waals surface area (Å²) in [6.45, 7) is 0.127. The first-order valence-electron chi connectivity index (χ1n) is 13.4. The first kappa shape index (κ1) is 25.4. The zero-order chi connectivity index (χ0) is 27.9. The topological polar surface area (TPSA) is 43.6 Å². The van der Waals surface area contributed by atoms with E-state index in [0.29, 0.717) is 20.6 Å². The first-order chi connectivity index (χ1) is 20.0. The molecule has 1 aliphatic carbocycles. The van der Waals surface area contributed by atoms with Crippen LogP contribution in [-0.4, -0.2) is 4.57 Å². The number of thiazole rings is 1. The smallest absolute Gasteiger partial charge is 0.271 e. The van der Waals surface area contributed by atoms with Gasteiger partial charge in [0, 0.05) is 11.1 Å². The lowest BCUT2D eigenvalue weighted by Gasteiger charge is -2.30. The Morgan fingerprint density at radius 1 is 0.902 bits per heavy atom. The molecule has 0 spiro atoms. The number of rotatable bonds is 5. The number of aryl methyl sites for hydroxylation is 1. The fourth-order valence-electron chi connectivity index (χ4n) is 5.56. The van der Waals surface area contributed by atoms with Crippen molar-refractivity contribution in [1.82, 2.24) is 4.57 Å². The van der Waals surface area contributed by atoms with Gasteiger partial charge >= 0.3 is 0 Å². The van der Waals surface area contributed by atoms with E-state index in [2.05, 4.69) is 12.1 Å². The van der Waals surface area contributed by atoms with Gasteiger partial charge in [0.1, 0.15) is 24.0 Å². The van der Waals surface area contributed by atoms with Crippen LogP contribution in [0, 0.1) is 11.6 Å². The van der Waals surface area contributed by atoms with Crippen LogP contribution >= 0.6 is 11.3 Å². The molecule has 0 fully saturated rings. The molecule has 7 rings (SSSR count). The maximum absolute atomic E-state index is 13.9. The molecule has 2 aliphatic rings. The van der Waals surface area contributed by atoms with Crippen molar-refractivity contribution >= 4 is 23.1 Å². The fourth-order valence-corrected chi connectivity index (χ4v) is 6.56. The van der Waals surface area contributed by atoms with Gasteiger partial charge in [-0.3, -0.25) is 9.36 Å². The highest BCUT2D eigenvalue weighted by Crippen LogP contribution is 2.41. The average Bonchev–Trinajstić information content (AvgIpc) is 3.31. The van der Waals surface area contributed by atoms with E-state index in [1.807, 2.05) is 30.3 Å². The third kappa shape index (κ3) is 4.72. The molecule has 1 aromatic heterocycles. The number of aromatic nitrogens is 1. The highest BCUT2D eigenvalue weighted by atomic mass is 32.1. The molecule has 1 aliphatic heterocycles. The molecule has 41 heavy (non-hydrogen) atoms. The van der Waals surface area contributed by atoms with Crippen LogP contribution in [0.1, 0.15) is 40.3 Å². The Kier molecular flexibility index (Phi) is 6.44. The molecule has 5 aromatic rings. The highest BCUT2D eigenvalue weighted by Gasteiger charge is 2.32. The molecule has 1 atom stereocenters. The van der Waals surface area contributed by atoms with Crippen LogP contribution in [0.15, 0.2) is 112 Å². The molecule has 0 saturated carbocycles. The van der Waals surface area contributed by atoms with Gasteiger partial charge in [-0.2, -0.15) is 0 Å². The number of fused-ring (bicyclic) bond motifs is 3. The number of nitrogens with zero attached hydrogens (tertiary/aromatic N) is 2. The number of hydrogen-bond donors (Lipinski definition) is 0. The van der Waals surface area contributed by atoms with Gasteiger partial charge in [0.2, 0.25) is 0 Å². The summed E-state index contributed by atoms with van der Waals surface area (Å²) >= 11 is 1.35. The molecular weight excluding hydrogens is 538 g/mol. The molecule has 0 N–H and O–H groups in total. The van der Waals surface area contributed by atoms with E-state index in [4.69, 9.17) is 9.73 Å². The fraction of sp³-hybridized carbons (Fsp3) is 0.118. The second-order valence-corrected chi connectivity index (χ2v) is 11.1. The van der Waals surface area contributed by atoms with Crippen LogP contribution in [0.4, 0.5) is 8.78 Å². The summed E-state index contributed by atoms with van der Waals surface area (Å²) in [4.78, 5) is 19.5. The van der Waals surface area contributed by atoms with Crippen LogP contribution in [0.2, 0.25) is 0 Å². The monoisotopic (exact) mass is 562 g/mol. The lowest BCUT2D eigenvalue weighted by molar-refractivity contribution is 0.300. The van der Waals surface area contributed by atoms with E-state index < -0.39 is 0 Å². The molecule has 0 amide bonds. The molecule has 0 unspecified atom stereocenters. The minimum absolute atomic E-state index is 0.127. The van der Waals surface area contributed by atoms with Crippen molar-refractivity contribution in [1.29, 1.82) is 0 Å². The number of allylic oxidation sites excluding steroid dienone is 1. The molecule has 7 heteroatoms. The van der Waals surface area contributed by atoms with Gasteiger partial charge < -0.3 is 4.74 Å². The highest BCUT2D eigenvalue weighted by molar-refractivity contribution is 7.07. The van der Waals surface area contributed by atoms with E-state index >= 15 is 0 Å². The van der Waals surface area contributed by atoms with Gasteiger partial charge in [-0.25, -0.2) is 13.8 Å². The maximum atomic E-state index is 13.9. The maximum Gasteiger partial charge on any atom is 0.271 e.